The van der Waals surface area contributed by atoms with Gasteiger partial charge in [0.15, 0.2) is 0 Å². The third kappa shape index (κ3) is 6.27. The molecular weight excluding hydrogens is 272 g/mol. The van der Waals surface area contributed by atoms with Gasteiger partial charge >= 0.3 is 5.97 Å². The van der Waals surface area contributed by atoms with Gasteiger partial charge in [-0.15, -0.1) is 0 Å². The molecule has 1 aromatic heterocycles. The third-order valence-electron chi connectivity index (χ3n) is 2.98. The van der Waals surface area contributed by atoms with Crippen LogP contribution in [0, 0.1) is 5.92 Å². The summed E-state index contributed by atoms with van der Waals surface area (Å²) in [7, 11) is 3.81. The molecule has 0 radical (unpaired) electrons. The standard InChI is InChI=1S/C15H22N2O4/c1-12(15(19)20)11-17(9-8-16(2)3)14(18)7-6-13-5-4-10-21-13/h4-7,10,12H,8-9,11H2,1-3H3,(H,19,20)/b7-6+. The Morgan fingerprint density at radius 3 is 2.62 bits per heavy atom. The lowest BCUT2D eigenvalue weighted by atomic mass is 10.1. The summed E-state index contributed by atoms with van der Waals surface area (Å²) in [6, 6.07) is 3.48. The molecule has 0 spiro atoms. The van der Waals surface area contributed by atoms with Crippen molar-refractivity contribution in [2.75, 3.05) is 33.7 Å². The monoisotopic (exact) mass is 294 g/mol. The predicted octanol–water partition coefficient (Wildman–Crippen LogP) is 1.40. The number of carboxylic acids is 1. The molecule has 116 valence electrons. The van der Waals surface area contributed by atoms with Gasteiger partial charge in [-0.25, -0.2) is 0 Å². The summed E-state index contributed by atoms with van der Waals surface area (Å²) in [6.07, 6.45) is 4.51. The maximum absolute atomic E-state index is 12.2. The van der Waals surface area contributed by atoms with Gasteiger partial charge in [0.1, 0.15) is 5.76 Å². The predicted molar refractivity (Wildman–Crippen MR) is 79.7 cm³/mol. The van der Waals surface area contributed by atoms with E-state index in [0.29, 0.717) is 18.8 Å². The van der Waals surface area contributed by atoms with E-state index in [9.17, 15) is 9.59 Å². The van der Waals surface area contributed by atoms with Gasteiger partial charge in [0, 0.05) is 25.7 Å². The molecule has 1 aromatic rings. The Bertz CT molecular complexity index is 480. The summed E-state index contributed by atoms with van der Waals surface area (Å²) >= 11 is 0. The second-order valence-electron chi connectivity index (χ2n) is 5.18. The van der Waals surface area contributed by atoms with Crippen LogP contribution in [0.25, 0.3) is 6.08 Å². The van der Waals surface area contributed by atoms with Crippen LogP contribution in [-0.4, -0.2) is 60.5 Å². The quantitative estimate of drug-likeness (QED) is 0.734. The van der Waals surface area contributed by atoms with Gasteiger partial charge < -0.3 is 19.3 Å². The van der Waals surface area contributed by atoms with Gasteiger partial charge in [-0.2, -0.15) is 0 Å². The number of likely N-dealkylation sites (N-methyl/N-ethyl adjacent to an activating group) is 1. The molecule has 0 saturated carbocycles. The highest BCUT2D eigenvalue weighted by Gasteiger charge is 2.19. The fraction of sp³-hybridized carbons (Fsp3) is 0.467. The number of nitrogens with zero attached hydrogens (tertiary/aromatic N) is 2. The number of carboxylic acid groups (broad SMARTS) is 1. The average molecular weight is 294 g/mol. The SMILES string of the molecule is CC(CN(CCN(C)C)C(=O)/C=C/c1ccco1)C(=O)O. The highest BCUT2D eigenvalue weighted by atomic mass is 16.4. The first-order valence-electron chi connectivity index (χ1n) is 6.78. The molecule has 1 amide bonds. The van der Waals surface area contributed by atoms with Crippen molar-refractivity contribution in [2.45, 2.75) is 6.92 Å². The maximum atomic E-state index is 12.2. The van der Waals surface area contributed by atoms with Crippen molar-refractivity contribution in [3.63, 3.8) is 0 Å². The van der Waals surface area contributed by atoms with Crippen LogP contribution in [0.4, 0.5) is 0 Å². The molecule has 0 aliphatic carbocycles. The average Bonchev–Trinajstić information content (AvgIpc) is 2.93. The third-order valence-corrected chi connectivity index (χ3v) is 2.98. The van der Waals surface area contributed by atoms with E-state index in [0.717, 1.165) is 0 Å². The molecule has 1 heterocycles. The van der Waals surface area contributed by atoms with Crippen molar-refractivity contribution >= 4 is 18.0 Å². The van der Waals surface area contributed by atoms with E-state index in [1.54, 1.807) is 25.1 Å². The first-order chi connectivity index (χ1) is 9.90. The van der Waals surface area contributed by atoms with Gasteiger partial charge in [-0.3, -0.25) is 9.59 Å². The molecular formula is C15H22N2O4. The highest BCUT2D eigenvalue weighted by Crippen LogP contribution is 2.06. The highest BCUT2D eigenvalue weighted by molar-refractivity contribution is 5.91. The second-order valence-corrected chi connectivity index (χ2v) is 5.18. The number of carbonyl (C=O) groups excluding carboxylic acids is 1. The summed E-state index contributed by atoms with van der Waals surface area (Å²) in [5, 5.41) is 8.99. The van der Waals surface area contributed by atoms with Gasteiger partial charge in [0.25, 0.3) is 0 Å². The largest absolute Gasteiger partial charge is 0.481 e. The molecule has 0 aliphatic rings. The molecule has 0 aromatic carbocycles. The number of rotatable bonds is 8. The number of carbonyl (C=O) groups is 2. The fourth-order valence-corrected chi connectivity index (χ4v) is 1.67. The van der Waals surface area contributed by atoms with E-state index in [1.165, 1.54) is 17.2 Å². The van der Waals surface area contributed by atoms with Crippen molar-refractivity contribution in [1.29, 1.82) is 0 Å². The van der Waals surface area contributed by atoms with E-state index in [4.69, 9.17) is 9.52 Å². The molecule has 1 N–H and O–H groups in total. The maximum Gasteiger partial charge on any atom is 0.308 e. The molecule has 0 aliphatic heterocycles. The first-order valence-corrected chi connectivity index (χ1v) is 6.78. The van der Waals surface area contributed by atoms with Crippen molar-refractivity contribution in [3.05, 3.63) is 30.2 Å². The number of amides is 1. The molecule has 0 saturated heterocycles. The van der Waals surface area contributed by atoms with Gasteiger partial charge in [-0.1, -0.05) is 6.92 Å². The Morgan fingerprint density at radius 1 is 1.38 bits per heavy atom. The molecule has 6 nitrogen and oxygen atoms in total. The molecule has 1 atom stereocenters. The Hall–Kier alpha value is -2.08. The molecule has 6 heteroatoms. The van der Waals surface area contributed by atoms with Crippen LogP contribution in [0.3, 0.4) is 0 Å². The molecule has 21 heavy (non-hydrogen) atoms. The summed E-state index contributed by atoms with van der Waals surface area (Å²) in [5.41, 5.74) is 0. The van der Waals surface area contributed by atoms with Crippen LogP contribution in [0.15, 0.2) is 28.9 Å². The lowest BCUT2D eigenvalue weighted by Crippen LogP contribution is -2.40. The minimum atomic E-state index is -0.910. The van der Waals surface area contributed by atoms with E-state index < -0.39 is 11.9 Å². The van der Waals surface area contributed by atoms with Crippen LogP contribution in [-0.2, 0) is 9.59 Å². The summed E-state index contributed by atoms with van der Waals surface area (Å²) in [5.74, 6) is -1.15. The molecule has 1 unspecified atom stereocenters. The minimum absolute atomic E-state index is 0.185. The zero-order valence-electron chi connectivity index (χ0n) is 12.7. The number of aliphatic carboxylic acids is 1. The first kappa shape index (κ1) is 17.0. The Labute approximate surface area is 124 Å². The number of hydrogen-bond acceptors (Lipinski definition) is 4. The van der Waals surface area contributed by atoms with E-state index in [-0.39, 0.29) is 12.5 Å². The summed E-state index contributed by atoms with van der Waals surface area (Å²) in [4.78, 5) is 26.6. The van der Waals surface area contributed by atoms with Crippen molar-refractivity contribution in [2.24, 2.45) is 5.92 Å². The topological polar surface area (TPSA) is 74.0 Å². The van der Waals surface area contributed by atoms with Gasteiger partial charge in [-0.05, 0) is 32.3 Å². The lowest BCUT2D eigenvalue weighted by Gasteiger charge is -2.24. The fourth-order valence-electron chi connectivity index (χ4n) is 1.67. The second kappa shape index (κ2) is 8.26. The summed E-state index contributed by atoms with van der Waals surface area (Å²) < 4.78 is 5.12. The van der Waals surface area contributed by atoms with Crippen LogP contribution < -0.4 is 0 Å². The summed E-state index contributed by atoms with van der Waals surface area (Å²) in [6.45, 7) is 2.93. The molecule has 1 rings (SSSR count). The van der Waals surface area contributed by atoms with Crippen LogP contribution >= 0.6 is 0 Å². The molecule has 0 bridgehead atoms. The van der Waals surface area contributed by atoms with E-state index in [1.807, 2.05) is 19.0 Å². The lowest BCUT2D eigenvalue weighted by molar-refractivity contribution is -0.142. The smallest absolute Gasteiger partial charge is 0.308 e. The Balaban J connectivity index is 2.69. The van der Waals surface area contributed by atoms with Crippen molar-refractivity contribution in [3.8, 4) is 0 Å². The van der Waals surface area contributed by atoms with Crippen LogP contribution in [0.1, 0.15) is 12.7 Å². The van der Waals surface area contributed by atoms with E-state index in [2.05, 4.69) is 0 Å². The zero-order chi connectivity index (χ0) is 15.8. The van der Waals surface area contributed by atoms with Crippen molar-refractivity contribution < 1.29 is 19.1 Å². The Morgan fingerprint density at radius 2 is 2.10 bits per heavy atom. The minimum Gasteiger partial charge on any atom is -0.481 e. The van der Waals surface area contributed by atoms with Crippen LogP contribution in [0.2, 0.25) is 0 Å². The van der Waals surface area contributed by atoms with Gasteiger partial charge in [0.2, 0.25) is 5.91 Å². The number of hydrogen-bond donors (Lipinski definition) is 1. The molecule has 0 fully saturated rings. The zero-order valence-corrected chi connectivity index (χ0v) is 12.7. The normalized spacial score (nSPS) is 12.8. The van der Waals surface area contributed by atoms with Gasteiger partial charge in [0.05, 0.1) is 12.2 Å². The van der Waals surface area contributed by atoms with E-state index >= 15 is 0 Å². The van der Waals surface area contributed by atoms with Crippen molar-refractivity contribution in [1.82, 2.24) is 9.80 Å². The Kier molecular flexibility index (Phi) is 6.68. The number of furan rings is 1. The van der Waals surface area contributed by atoms with Crippen LogP contribution in [0.5, 0.6) is 0 Å².